The molecule has 0 unspecified atom stereocenters. The van der Waals surface area contributed by atoms with Gasteiger partial charge < -0.3 is 4.74 Å². The molecule has 0 aliphatic carbocycles. The van der Waals surface area contributed by atoms with Crippen molar-refractivity contribution < 1.29 is 14.7 Å². The first-order valence-electron chi connectivity index (χ1n) is 4.03. The summed E-state index contributed by atoms with van der Waals surface area (Å²) in [7, 11) is 1.45. The number of hydroxylamine groups is 1. The molecule has 6 heteroatoms. The summed E-state index contributed by atoms with van der Waals surface area (Å²) in [4.78, 5) is 10.9. The van der Waals surface area contributed by atoms with Crippen LogP contribution in [0.2, 0.25) is 10.0 Å². The van der Waals surface area contributed by atoms with Crippen molar-refractivity contribution in [3.05, 3.63) is 27.7 Å². The zero-order chi connectivity index (χ0) is 11.4. The highest BCUT2D eigenvalue weighted by molar-refractivity contribution is 6.37. The van der Waals surface area contributed by atoms with Crippen molar-refractivity contribution >= 4 is 29.1 Å². The minimum Gasteiger partial charge on any atom is -0.494 e. The van der Waals surface area contributed by atoms with E-state index >= 15 is 0 Å². The molecule has 0 aromatic heterocycles. The number of methoxy groups -OCH3 is 1. The fraction of sp³-hybridized carbons (Fsp3) is 0.222. The molecule has 0 radical (unpaired) electrons. The van der Waals surface area contributed by atoms with Crippen LogP contribution in [0.25, 0.3) is 0 Å². The van der Waals surface area contributed by atoms with E-state index in [1.165, 1.54) is 12.6 Å². The number of hydrogen-bond donors (Lipinski definition) is 2. The van der Waals surface area contributed by atoms with Gasteiger partial charge >= 0.3 is 0 Å². The summed E-state index contributed by atoms with van der Waals surface area (Å²) < 4.78 is 4.95. The molecular formula is C9H9Cl2NO3. The molecule has 0 bridgehead atoms. The van der Waals surface area contributed by atoms with Crippen LogP contribution in [0.4, 0.5) is 0 Å². The van der Waals surface area contributed by atoms with Gasteiger partial charge in [-0.2, -0.15) is 0 Å². The molecule has 0 saturated heterocycles. The molecule has 0 aliphatic rings. The number of carbonyl (C=O) groups excluding carboxylic acids is 1. The molecule has 15 heavy (non-hydrogen) atoms. The Bertz CT molecular complexity index is 359. The van der Waals surface area contributed by atoms with E-state index in [1.807, 2.05) is 0 Å². The van der Waals surface area contributed by atoms with Crippen LogP contribution in [-0.4, -0.2) is 18.2 Å². The summed E-state index contributed by atoms with van der Waals surface area (Å²) in [5, 5.41) is 8.99. The van der Waals surface area contributed by atoms with Crippen LogP contribution < -0.4 is 10.2 Å². The van der Waals surface area contributed by atoms with Gasteiger partial charge in [0, 0.05) is 0 Å². The molecular weight excluding hydrogens is 241 g/mol. The second-order valence-corrected chi connectivity index (χ2v) is 3.62. The van der Waals surface area contributed by atoms with Gasteiger partial charge in [0.15, 0.2) is 5.75 Å². The largest absolute Gasteiger partial charge is 0.494 e. The number of carbonyl (C=O) groups is 1. The maximum absolute atomic E-state index is 10.9. The van der Waals surface area contributed by atoms with Crippen LogP contribution in [0, 0.1) is 0 Å². The standard InChI is InChI=1S/C9H9Cl2NO3/c1-15-9-6(10)2-5(3-7(9)11)4-8(13)12-14/h2-3,14H,4H2,1H3,(H,12,13). The third-order valence-electron chi connectivity index (χ3n) is 1.75. The Balaban J connectivity index is 2.98. The first-order valence-corrected chi connectivity index (χ1v) is 4.79. The van der Waals surface area contributed by atoms with Crippen molar-refractivity contribution in [1.29, 1.82) is 0 Å². The Morgan fingerprint density at radius 1 is 1.47 bits per heavy atom. The number of hydrogen-bond acceptors (Lipinski definition) is 3. The molecule has 1 rings (SSSR count). The normalized spacial score (nSPS) is 9.87. The zero-order valence-corrected chi connectivity index (χ0v) is 9.39. The van der Waals surface area contributed by atoms with Crippen molar-refractivity contribution in [2.75, 3.05) is 7.11 Å². The Morgan fingerprint density at radius 2 is 2.00 bits per heavy atom. The Hall–Kier alpha value is -0.970. The van der Waals surface area contributed by atoms with E-state index in [0.717, 1.165) is 0 Å². The number of benzene rings is 1. The van der Waals surface area contributed by atoms with E-state index in [9.17, 15) is 4.79 Å². The number of halogens is 2. The monoisotopic (exact) mass is 249 g/mol. The van der Waals surface area contributed by atoms with Gasteiger partial charge in [-0.05, 0) is 17.7 Å². The van der Waals surface area contributed by atoms with Crippen LogP contribution in [0.1, 0.15) is 5.56 Å². The fourth-order valence-corrected chi connectivity index (χ4v) is 1.82. The maximum Gasteiger partial charge on any atom is 0.247 e. The second kappa shape index (κ2) is 5.21. The first kappa shape index (κ1) is 12.1. The zero-order valence-electron chi connectivity index (χ0n) is 7.88. The lowest BCUT2D eigenvalue weighted by molar-refractivity contribution is -0.128. The van der Waals surface area contributed by atoms with E-state index in [-0.39, 0.29) is 6.42 Å². The van der Waals surface area contributed by atoms with Crippen molar-refractivity contribution in [1.82, 2.24) is 5.48 Å². The fourth-order valence-electron chi connectivity index (χ4n) is 1.13. The molecule has 1 aromatic rings. The van der Waals surface area contributed by atoms with Crippen LogP contribution >= 0.6 is 23.2 Å². The smallest absolute Gasteiger partial charge is 0.247 e. The molecule has 0 heterocycles. The highest BCUT2D eigenvalue weighted by Gasteiger charge is 2.10. The van der Waals surface area contributed by atoms with E-state index in [4.69, 9.17) is 33.1 Å². The molecule has 1 amide bonds. The highest BCUT2D eigenvalue weighted by atomic mass is 35.5. The van der Waals surface area contributed by atoms with E-state index in [1.54, 1.807) is 12.1 Å². The summed E-state index contributed by atoms with van der Waals surface area (Å²) in [6, 6.07) is 3.11. The van der Waals surface area contributed by atoms with Crippen LogP contribution in [0.15, 0.2) is 12.1 Å². The lowest BCUT2D eigenvalue weighted by atomic mass is 10.1. The van der Waals surface area contributed by atoms with Crippen molar-refractivity contribution in [2.45, 2.75) is 6.42 Å². The minimum absolute atomic E-state index is 0.0000652. The molecule has 0 saturated carbocycles. The minimum atomic E-state index is -0.535. The third kappa shape index (κ3) is 2.99. The van der Waals surface area contributed by atoms with Gasteiger partial charge in [-0.1, -0.05) is 23.2 Å². The van der Waals surface area contributed by atoms with E-state index in [2.05, 4.69) is 0 Å². The number of nitrogens with one attached hydrogen (secondary N) is 1. The summed E-state index contributed by atoms with van der Waals surface area (Å²) >= 11 is 11.7. The Labute approximate surface area is 96.7 Å². The van der Waals surface area contributed by atoms with Crippen molar-refractivity contribution in [3.8, 4) is 5.75 Å². The highest BCUT2D eigenvalue weighted by Crippen LogP contribution is 2.33. The predicted octanol–water partition coefficient (Wildman–Crippen LogP) is 2.05. The summed E-state index contributed by atoms with van der Waals surface area (Å²) in [6.07, 6.45) is -0.0000652. The number of rotatable bonds is 3. The quantitative estimate of drug-likeness (QED) is 0.637. The van der Waals surface area contributed by atoms with Crippen LogP contribution in [0.3, 0.4) is 0 Å². The summed E-state index contributed by atoms with van der Waals surface area (Å²) in [5.74, 6) is -0.168. The van der Waals surface area contributed by atoms with E-state index in [0.29, 0.717) is 21.4 Å². The van der Waals surface area contributed by atoms with Gasteiger partial charge in [-0.3, -0.25) is 10.0 Å². The van der Waals surface area contributed by atoms with Crippen molar-refractivity contribution in [2.24, 2.45) is 0 Å². The third-order valence-corrected chi connectivity index (χ3v) is 2.31. The Morgan fingerprint density at radius 3 is 2.40 bits per heavy atom. The van der Waals surface area contributed by atoms with E-state index < -0.39 is 5.91 Å². The molecule has 4 nitrogen and oxygen atoms in total. The van der Waals surface area contributed by atoms with Gasteiger partial charge in [-0.15, -0.1) is 0 Å². The number of ether oxygens (including phenoxy) is 1. The molecule has 2 N–H and O–H groups in total. The lowest BCUT2D eigenvalue weighted by Gasteiger charge is -2.07. The topological polar surface area (TPSA) is 58.6 Å². The van der Waals surface area contributed by atoms with Gasteiger partial charge in [0.2, 0.25) is 5.91 Å². The maximum atomic E-state index is 10.9. The van der Waals surface area contributed by atoms with Crippen molar-refractivity contribution in [3.63, 3.8) is 0 Å². The second-order valence-electron chi connectivity index (χ2n) is 2.80. The average Bonchev–Trinajstić information content (AvgIpc) is 2.17. The first-order chi connectivity index (χ1) is 7.08. The average molecular weight is 250 g/mol. The molecule has 0 aliphatic heterocycles. The molecule has 0 spiro atoms. The molecule has 0 fully saturated rings. The van der Waals surface area contributed by atoms with Gasteiger partial charge in [0.05, 0.1) is 23.6 Å². The Kier molecular flexibility index (Phi) is 4.20. The number of amides is 1. The molecule has 0 atom stereocenters. The molecule has 1 aromatic carbocycles. The lowest BCUT2D eigenvalue weighted by Crippen LogP contribution is -2.20. The van der Waals surface area contributed by atoms with Gasteiger partial charge in [0.25, 0.3) is 0 Å². The predicted molar refractivity (Wildman–Crippen MR) is 56.6 cm³/mol. The summed E-state index contributed by atoms with van der Waals surface area (Å²) in [5.41, 5.74) is 2.12. The van der Waals surface area contributed by atoms with Gasteiger partial charge in [0.1, 0.15) is 0 Å². The van der Waals surface area contributed by atoms with Crippen LogP contribution in [0.5, 0.6) is 5.75 Å². The van der Waals surface area contributed by atoms with Gasteiger partial charge in [-0.25, -0.2) is 5.48 Å². The van der Waals surface area contributed by atoms with Crippen LogP contribution in [-0.2, 0) is 11.2 Å². The molecule has 82 valence electrons. The summed E-state index contributed by atoms with van der Waals surface area (Å²) in [6.45, 7) is 0. The SMILES string of the molecule is COc1c(Cl)cc(CC(=O)NO)cc1Cl.